The molecule has 0 unspecified atom stereocenters. The highest BCUT2D eigenvalue weighted by Gasteiger charge is 2.19. The molecule has 5 nitrogen and oxygen atoms in total. The van der Waals surface area contributed by atoms with Crippen LogP contribution in [0.4, 0.5) is 5.82 Å². The molecule has 0 radical (unpaired) electrons. The van der Waals surface area contributed by atoms with Crippen LogP contribution in [0.25, 0.3) is 0 Å². The van der Waals surface area contributed by atoms with Crippen molar-refractivity contribution in [2.45, 2.75) is 25.3 Å². The number of anilines is 1. The number of aromatic nitrogens is 1. The van der Waals surface area contributed by atoms with E-state index in [0.29, 0.717) is 11.5 Å². The summed E-state index contributed by atoms with van der Waals surface area (Å²) in [6.45, 7) is 1.86. The second-order valence-electron chi connectivity index (χ2n) is 4.28. The molecule has 0 spiro atoms. The molecule has 4 N–H and O–H groups in total. The number of hydrogen-bond donors (Lipinski definition) is 3. The van der Waals surface area contributed by atoms with Gasteiger partial charge in [0.25, 0.3) is 5.91 Å². The number of nitrogens with two attached hydrogens (primary N) is 1. The van der Waals surface area contributed by atoms with Crippen molar-refractivity contribution >= 4 is 11.7 Å². The lowest BCUT2D eigenvalue weighted by atomic mass is 10.3. The van der Waals surface area contributed by atoms with Crippen molar-refractivity contribution in [2.75, 3.05) is 18.4 Å². The van der Waals surface area contributed by atoms with Crippen LogP contribution in [0.3, 0.4) is 0 Å². The largest absolute Gasteiger partial charge is 0.370 e. The van der Waals surface area contributed by atoms with Gasteiger partial charge in [0.2, 0.25) is 0 Å². The second-order valence-corrected chi connectivity index (χ2v) is 4.28. The Balaban J connectivity index is 1.70. The lowest BCUT2D eigenvalue weighted by Crippen LogP contribution is -2.20. The van der Waals surface area contributed by atoms with Gasteiger partial charge in [0.05, 0.1) is 0 Å². The fourth-order valence-corrected chi connectivity index (χ4v) is 1.57. The molecule has 1 fully saturated rings. The zero-order valence-corrected chi connectivity index (χ0v) is 9.78. The minimum absolute atomic E-state index is 0.297. The maximum Gasteiger partial charge on any atom is 0.267 e. The number of carbonyl (C=O) groups is 1. The molecule has 2 rings (SSSR count). The molecule has 1 amide bonds. The Bertz CT molecular complexity index is 390. The molecule has 0 aliphatic heterocycles. The zero-order chi connectivity index (χ0) is 12.1. The SMILES string of the molecule is NC(=O)c1cccc(NCCCNC2CC2)n1. The van der Waals surface area contributed by atoms with Crippen LogP contribution in [0.2, 0.25) is 0 Å². The number of hydrogen-bond acceptors (Lipinski definition) is 4. The number of nitrogens with one attached hydrogen (secondary N) is 2. The van der Waals surface area contributed by atoms with Gasteiger partial charge in [0.15, 0.2) is 0 Å². The third kappa shape index (κ3) is 4.03. The van der Waals surface area contributed by atoms with Gasteiger partial charge < -0.3 is 16.4 Å². The highest BCUT2D eigenvalue weighted by molar-refractivity contribution is 5.91. The number of nitrogens with zero attached hydrogens (tertiary/aromatic N) is 1. The summed E-state index contributed by atoms with van der Waals surface area (Å²) in [5.41, 5.74) is 5.46. The predicted octanol–water partition coefficient (Wildman–Crippen LogP) is 0.734. The molecule has 1 aliphatic rings. The Labute approximate surface area is 101 Å². The maximum atomic E-state index is 10.9. The summed E-state index contributed by atoms with van der Waals surface area (Å²) in [4.78, 5) is 15.0. The molecule has 1 aliphatic carbocycles. The molecule has 5 heteroatoms. The number of carbonyl (C=O) groups excluding carboxylic acids is 1. The molecule has 1 heterocycles. The van der Waals surface area contributed by atoms with Gasteiger partial charge in [-0.3, -0.25) is 4.79 Å². The summed E-state index contributed by atoms with van der Waals surface area (Å²) in [7, 11) is 0. The van der Waals surface area contributed by atoms with Crippen LogP contribution >= 0.6 is 0 Å². The third-order valence-corrected chi connectivity index (χ3v) is 2.67. The molecular weight excluding hydrogens is 216 g/mol. The summed E-state index contributed by atoms with van der Waals surface area (Å²) in [5.74, 6) is 0.205. The summed E-state index contributed by atoms with van der Waals surface area (Å²) in [6, 6.07) is 5.98. The standard InChI is InChI=1S/C12H18N4O/c13-12(17)10-3-1-4-11(16-10)15-8-2-7-14-9-5-6-9/h1,3-4,9,14H,2,5-8H2,(H2,13,17)(H,15,16). The predicted molar refractivity (Wildman–Crippen MR) is 66.9 cm³/mol. The Kier molecular flexibility index (Phi) is 3.93. The van der Waals surface area contributed by atoms with E-state index in [1.54, 1.807) is 12.1 Å². The number of rotatable bonds is 7. The van der Waals surface area contributed by atoms with Crippen molar-refractivity contribution in [2.24, 2.45) is 5.73 Å². The van der Waals surface area contributed by atoms with E-state index in [-0.39, 0.29) is 0 Å². The molecular formula is C12H18N4O. The van der Waals surface area contributed by atoms with Gasteiger partial charge in [-0.1, -0.05) is 6.07 Å². The van der Waals surface area contributed by atoms with Crippen molar-refractivity contribution < 1.29 is 4.79 Å². The van der Waals surface area contributed by atoms with E-state index in [0.717, 1.165) is 25.6 Å². The van der Waals surface area contributed by atoms with Gasteiger partial charge in [-0.25, -0.2) is 4.98 Å². The first-order valence-corrected chi connectivity index (χ1v) is 6.00. The molecule has 0 aromatic carbocycles. The normalized spacial score (nSPS) is 14.6. The summed E-state index contributed by atoms with van der Waals surface area (Å²) < 4.78 is 0. The molecule has 1 saturated carbocycles. The van der Waals surface area contributed by atoms with E-state index in [4.69, 9.17) is 5.73 Å². The minimum Gasteiger partial charge on any atom is -0.370 e. The van der Waals surface area contributed by atoms with Crippen LogP contribution in [0, 0.1) is 0 Å². The van der Waals surface area contributed by atoms with Crippen LogP contribution < -0.4 is 16.4 Å². The van der Waals surface area contributed by atoms with Crippen LogP contribution in [0.15, 0.2) is 18.2 Å². The van der Waals surface area contributed by atoms with Crippen molar-refractivity contribution in [1.82, 2.24) is 10.3 Å². The third-order valence-electron chi connectivity index (χ3n) is 2.67. The van der Waals surface area contributed by atoms with Crippen LogP contribution in [0.1, 0.15) is 29.8 Å². The Morgan fingerprint density at radius 1 is 1.41 bits per heavy atom. The first kappa shape index (κ1) is 11.9. The quantitative estimate of drug-likeness (QED) is 0.608. The van der Waals surface area contributed by atoms with Crippen LogP contribution in [-0.4, -0.2) is 30.0 Å². The van der Waals surface area contributed by atoms with Crippen molar-refractivity contribution in [1.29, 1.82) is 0 Å². The van der Waals surface area contributed by atoms with Gasteiger partial charge in [-0.05, 0) is 37.9 Å². The smallest absolute Gasteiger partial charge is 0.267 e. The lowest BCUT2D eigenvalue weighted by Gasteiger charge is -2.06. The molecule has 0 saturated heterocycles. The van der Waals surface area contributed by atoms with Crippen molar-refractivity contribution in [3.8, 4) is 0 Å². The minimum atomic E-state index is -0.496. The second kappa shape index (κ2) is 5.63. The van der Waals surface area contributed by atoms with Crippen molar-refractivity contribution in [3.63, 3.8) is 0 Å². The van der Waals surface area contributed by atoms with E-state index >= 15 is 0 Å². The van der Waals surface area contributed by atoms with Crippen LogP contribution in [0.5, 0.6) is 0 Å². The molecule has 1 aromatic rings. The topological polar surface area (TPSA) is 80.0 Å². The molecule has 1 aromatic heterocycles. The van der Waals surface area contributed by atoms with E-state index < -0.39 is 5.91 Å². The summed E-state index contributed by atoms with van der Waals surface area (Å²) in [6.07, 6.45) is 3.67. The molecule has 92 valence electrons. The molecule has 0 bridgehead atoms. The zero-order valence-electron chi connectivity index (χ0n) is 9.78. The van der Waals surface area contributed by atoms with Gasteiger partial charge in [0, 0.05) is 12.6 Å². The fourth-order valence-electron chi connectivity index (χ4n) is 1.57. The van der Waals surface area contributed by atoms with Gasteiger partial charge in [-0.2, -0.15) is 0 Å². The number of pyridine rings is 1. The lowest BCUT2D eigenvalue weighted by molar-refractivity contribution is 0.0995. The highest BCUT2D eigenvalue weighted by atomic mass is 16.1. The fraction of sp³-hybridized carbons (Fsp3) is 0.500. The van der Waals surface area contributed by atoms with E-state index in [1.807, 2.05) is 6.07 Å². The average Bonchev–Trinajstić information content (AvgIpc) is 3.13. The van der Waals surface area contributed by atoms with Gasteiger partial charge >= 0.3 is 0 Å². The number of primary amides is 1. The summed E-state index contributed by atoms with van der Waals surface area (Å²) >= 11 is 0. The molecule has 0 atom stereocenters. The first-order chi connectivity index (χ1) is 8.25. The van der Waals surface area contributed by atoms with E-state index in [9.17, 15) is 4.79 Å². The maximum absolute atomic E-state index is 10.9. The Morgan fingerprint density at radius 3 is 2.94 bits per heavy atom. The van der Waals surface area contributed by atoms with Gasteiger partial charge in [-0.15, -0.1) is 0 Å². The van der Waals surface area contributed by atoms with E-state index in [2.05, 4.69) is 15.6 Å². The summed E-state index contributed by atoms with van der Waals surface area (Å²) in [5, 5.41) is 6.61. The first-order valence-electron chi connectivity index (χ1n) is 6.00. The van der Waals surface area contributed by atoms with Crippen molar-refractivity contribution in [3.05, 3.63) is 23.9 Å². The Morgan fingerprint density at radius 2 is 2.24 bits per heavy atom. The Hall–Kier alpha value is -1.62. The average molecular weight is 234 g/mol. The van der Waals surface area contributed by atoms with Crippen LogP contribution in [-0.2, 0) is 0 Å². The molecule has 17 heavy (non-hydrogen) atoms. The van der Waals surface area contributed by atoms with Gasteiger partial charge in [0.1, 0.15) is 11.5 Å². The number of amides is 1. The highest BCUT2D eigenvalue weighted by Crippen LogP contribution is 2.18. The van der Waals surface area contributed by atoms with E-state index in [1.165, 1.54) is 12.8 Å². The monoisotopic (exact) mass is 234 g/mol.